The van der Waals surface area contributed by atoms with Crippen molar-refractivity contribution >= 4 is 5.52 Å². The van der Waals surface area contributed by atoms with E-state index in [4.69, 9.17) is 9.72 Å². The molecular formula is C22H28N8O. The van der Waals surface area contributed by atoms with Crippen molar-refractivity contribution in [3.05, 3.63) is 43.2 Å². The van der Waals surface area contributed by atoms with Crippen molar-refractivity contribution in [3.8, 4) is 22.5 Å². The SMILES string of the molecule is CCC(CC)n1cc(-c2nc(-c3cnn(CC4COCCN4)c3)cn3nccc23)cn1. The van der Waals surface area contributed by atoms with E-state index in [0.29, 0.717) is 12.6 Å². The monoisotopic (exact) mass is 420 g/mol. The van der Waals surface area contributed by atoms with Crippen LogP contribution in [0.15, 0.2) is 43.2 Å². The Morgan fingerprint density at radius 2 is 1.97 bits per heavy atom. The van der Waals surface area contributed by atoms with E-state index in [1.807, 2.05) is 44.7 Å². The second kappa shape index (κ2) is 8.60. The number of rotatable bonds is 7. The first-order valence-corrected chi connectivity index (χ1v) is 11.0. The number of fused-ring (bicyclic) bond motifs is 1. The van der Waals surface area contributed by atoms with E-state index in [0.717, 1.165) is 60.6 Å². The Morgan fingerprint density at radius 1 is 1.10 bits per heavy atom. The fourth-order valence-electron chi connectivity index (χ4n) is 4.16. The molecule has 5 rings (SSSR count). The lowest BCUT2D eigenvalue weighted by atomic mass is 10.1. The quantitative estimate of drug-likeness (QED) is 0.495. The lowest BCUT2D eigenvalue weighted by molar-refractivity contribution is 0.0702. The van der Waals surface area contributed by atoms with E-state index in [-0.39, 0.29) is 6.04 Å². The third-order valence-corrected chi connectivity index (χ3v) is 5.92. The first-order chi connectivity index (χ1) is 15.2. The molecule has 4 aromatic heterocycles. The Hall–Kier alpha value is -3.04. The molecule has 1 aliphatic rings. The molecule has 0 aliphatic carbocycles. The van der Waals surface area contributed by atoms with Crippen molar-refractivity contribution < 1.29 is 4.74 Å². The maximum Gasteiger partial charge on any atom is 0.0999 e. The fraction of sp³-hybridized carbons (Fsp3) is 0.455. The standard InChI is InChI=1S/C22H28N8O/c1-3-19(4-2)29-12-17(10-26-29)22-21-5-6-24-30(21)14-20(27-22)16-9-25-28(11-16)13-18-15-31-8-7-23-18/h5-6,9-12,14,18-19,23H,3-4,7-8,13,15H2,1-2H3. The molecule has 31 heavy (non-hydrogen) atoms. The van der Waals surface area contributed by atoms with E-state index in [9.17, 15) is 0 Å². The maximum atomic E-state index is 5.55. The largest absolute Gasteiger partial charge is 0.378 e. The summed E-state index contributed by atoms with van der Waals surface area (Å²) in [4.78, 5) is 4.99. The van der Waals surface area contributed by atoms with Gasteiger partial charge < -0.3 is 10.1 Å². The number of nitrogens with one attached hydrogen (secondary N) is 1. The Morgan fingerprint density at radius 3 is 2.77 bits per heavy atom. The van der Waals surface area contributed by atoms with Crippen LogP contribution in [0.5, 0.6) is 0 Å². The molecule has 0 saturated carbocycles. The Balaban J connectivity index is 1.47. The van der Waals surface area contributed by atoms with Gasteiger partial charge in [0.1, 0.15) is 0 Å². The van der Waals surface area contributed by atoms with Gasteiger partial charge >= 0.3 is 0 Å². The van der Waals surface area contributed by atoms with Gasteiger partial charge in [-0.25, -0.2) is 9.50 Å². The first-order valence-electron chi connectivity index (χ1n) is 11.0. The zero-order valence-corrected chi connectivity index (χ0v) is 18.0. The van der Waals surface area contributed by atoms with E-state index in [1.165, 1.54) is 0 Å². The predicted molar refractivity (Wildman–Crippen MR) is 118 cm³/mol. The van der Waals surface area contributed by atoms with Crippen LogP contribution in [0.2, 0.25) is 0 Å². The van der Waals surface area contributed by atoms with Crippen LogP contribution >= 0.6 is 0 Å². The Kier molecular flexibility index (Phi) is 5.52. The van der Waals surface area contributed by atoms with Gasteiger partial charge in [0.25, 0.3) is 0 Å². The van der Waals surface area contributed by atoms with E-state index < -0.39 is 0 Å². The van der Waals surface area contributed by atoms with Crippen molar-refractivity contribution in [2.45, 2.75) is 45.3 Å². The molecule has 0 radical (unpaired) electrons. The van der Waals surface area contributed by atoms with Gasteiger partial charge in [-0.2, -0.15) is 15.3 Å². The summed E-state index contributed by atoms with van der Waals surface area (Å²) < 4.78 is 11.4. The highest BCUT2D eigenvalue weighted by Crippen LogP contribution is 2.28. The summed E-state index contributed by atoms with van der Waals surface area (Å²) >= 11 is 0. The predicted octanol–water partition coefficient (Wildman–Crippen LogP) is 2.81. The lowest BCUT2D eigenvalue weighted by Gasteiger charge is -2.23. The molecule has 1 N–H and O–H groups in total. The molecule has 1 aliphatic heterocycles. The average Bonchev–Trinajstić information content (AvgIpc) is 3.55. The topological polar surface area (TPSA) is 87.1 Å². The van der Waals surface area contributed by atoms with Gasteiger partial charge in [0, 0.05) is 30.1 Å². The molecule has 5 heterocycles. The van der Waals surface area contributed by atoms with Crippen molar-refractivity contribution in [3.63, 3.8) is 0 Å². The first kappa shape index (κ1) is 19.9. The number of ether oxygens (including phenoxy) is 1. The van der Waals surface area contributed by atoms with Gasteiger partial charge in [-0.1, -0.05) is 13.8 Å². The molecule has 4 aromatic rings. The van der Waals surface area contributed by atoms with Crippen LogP contribution in [0.1, 0.15) is 32.7 Å². The number of nitrogens with zero attached hydrogens (tertiary/aromatic N) is 7. The zero-order valence-electron chi connectivity index (χ0n) is 18.0. The van der Waals surface area contributed by atoms with Gasteiger partial charge in [0.15, 0.2) is 0 Å². The number of aromatic nitrogens is 7. The van der Waals surface area contributed by atoms with E-state index in [1.54, 1.807) is 6.20 Å². The molecule has 9 heteroatoms. The molecule has 1 fully saturated rings. The van der Waals surface area contributed by atoms with E-state index in [2.05, 4.69) is 40.7 Å². The third-order valence-electron chi connectivity index (χ3n) is 5.92. The van der Waals surface area contributed by atoms with Crippen molar-refractivity contribution in [2.24, 2.45) is 0 Å². The van der Waals surface area contributed by atoms with Crippen LogP contribution in [-0.4, -0.2) is 60.0 Å². The molecule has 0 bridgehead atoms. The minimum Gasteiger partial charge on any atom is -0.378 e. The second-order valence-corrected chi connectivity index (χ2v) is 7.99. The van der Waals surface area contributed by atoms with Gasteiger partial charge in [-0.05, 0) is 18.9 Å². The second-order valence-electron chi connectivity index (χ2n) is 7.99. The minimum atomic E-state index is 0.273. The van der Waals surface area contributed by atoms with Crippen LogP contribution in [0.4, 0.5) is 0 Å². The maximum absolute atomic E-state index is 5.55. The number of hydrogen-bond donors (Lipinski definition) is 1. The Bertz CT molecular complexity index is 1150. The molecular weight excluding hydrogens is 392 g/mol. The van der Waals surface area contributed by atoms with Gasteiger partial charge in [0.05, 0.1) is 73.5 Å². The molecule has 162 valence electrons. The molecule has 9 nitrogen and oxygen atoms in total. The molecule has 0 spiro atoms. The van der Waals surface area contributed by atoms with Gasteiger partial charge in [-0.15, -0.1) is 0 Å². The smallest absolute Gasteiger partial charge is 0.0999 e. The lowest BCUT2D eigenvalue weighted by Crippen LogP contribution is -2.43. The highest BCUT2D eigenvalue weighted by molar-refractivity contribution is 5.78. The summed E-state index contributed by atoms with van der Waals surface area (Å²) in [5.41, 5.74) is 4.63. The fourth-order valence-corrected chi connectivity index (χ4v) is 4.16. The molecule has 1 unspecified atom stereocenters. The van der Waals surface area contributed by atoms with Crippen molar-refractivity contribution in [2.75, 3.05) is 19.8 Å². The highest BCUT2D eigenvalue weighted by Gasteiger charge is 2.17. The van der Waals surface area contributed by atoms with Crippen LogP contribution in [0, 0.1) is 0 Å². The highest BCUT2D eigenvalue weighted by atomic mass is 16.5. The summed E-state index contributed by atoms with van der Waals surface area (Å²) in [6.45, 7) is 7.50. The van der Waals surface area contributed by atoms with Crippen molar-refractivity contribution in [1.82, 2.24) is 39.5 Å². The van der Waals surface area contributed by atoms with Crippen LogP contribution in [0.25, 0.3) is 28.0 Å². The minimum absolute atomic E-state index is 0.273. The summed E-state index contributed by atoms with van der Waals surface area (Å²) in [7, 11) is 0. The summed E-state index contributed by atoms with van der Waals surface area (Å²) in [5, 5.41) is 17.1. The molecule has 0 aromatic carbocycles. The number of morpholine rings is 1. The zero-order chi connectivity index (χ0) is 21.2. The summed E-state index contributed by atoms with van der Waals surface area (Å²) in [5.74, 6) is 0. The average molecular weight is 421 g/mol. The van der Waals surface area contributed by atoms with E-state index >= 15 is 0 Å². The summed E-state index contributed by atoms with van der Waals surface area (Å²) in [6.07, 6.45) is 13.7. The Labute approximate surface area is 181 Å². The van der Waals surface area contributed by atoms with Crippen molar-refractivity contribution in [1.29, 1.82) is 0 Å². The van der Waals surface area contributed by atoms with Gasteiger partial charge in [-0.3, -0.25) is 9.36 Å². The summed E-state index contributed by atoms with van der Waals surface area (Å²) in [6, 6.07) is 2.65. The van der Waals surface area contributed by atoms with Gasteiger partial charge in [0.2, 0.25) is 0 Å². The number of hydrogen-bond acceptors (Lipinski definition) is 6. The third kappa shape index (κ3) is 3.98. The molecule has 1 atom stereocenters. The molecule has 1 saturated heterocycles. The normalized spacial score (nSPS) is 17.1. The molecule has 0 amide bonds. The van der Waals surface area contributed by atoms with Crippen LogP contribution in [0.3, 0.4) is 0 Å². The van der Waals surface area contributed by atoms with Crippen LogP contribution in [-0.2, 0) is 11.3 Å². The van der Waals surface area contributed by atoms with Crippen LogP contribution < -0.4 is 5.32 Å².